The molecule has 4 heteroatoms. The molecule has 2 N–H and O–H groups in total. The van der Waals surface area contributed by atoms with E-state index in [1.54, 1.807) is 0 Å². The van der Waals surface area contributed by atoms with Crippen molar-refractivity contribution in [2.45, 2.75) is 6.92 Å². The van der Waals surface area contributed by atoms with Gasteiger partial charge in [-0.15, -0.1) is 0 Å². The molecule has 0 saturated heterocycles. The van der Waals surface area contributed by atoms with Gasteiger partial charge in [-0.05, 0) is 18.6 Å². The Hall–Kier alpha value is -1.32. The highest BCUT2D eigenvalue weighted by Crippen LogP contribution is 2.32. The van der Waals surface area contributed by atoms with Crippen molar-refractivity contribution < 1.29 is 19.0 Å². The zero-order valence-electron chi connectivity index (χ0n) is 5.73. The minimum Gasteiger partial charge on any atom is -0.502 e. The van der Waals surface area contributed by atoms with E-state index in [2.05, 4.69) is 0 Å². The summed E-state index contributed by atoms with van der Waals surface area (Å²) in [6, 6.07) is 0.810. The average molecular weight is 160 g/mol. The molecule has 0 radical (unpaired) electrons. The molecule has 60 valence electrons. The van der Waals surface area contributed by atoms with Crippen molar-refractivity contribution >= 4 is 0 Å². The fourth-order valence-electron chi connectivity index (χ4n) is 0.726. The maximum atomic E-state index is 12.6. The largest absolute Gasteiger partial charge is 0.502 e. The summed E-state index contributed by atoms with van der Waals surface area (Å²) >= 11 is 0. The zero-order valence-corrected chi connectivity index (χ0v) is 5.73. The van der Waals surface area contributed by atoms with Crippen LogP contribution in [0.2, 0.25) is 0 Å². The molecule has 0 bridgehead atoms. The highest BCUT2D eigenvalue weighted by atomic mass is 19.1. The van der Waals surface area contributed by atoms with Crippen LogP contribution in [0.1, 0.15) is 5.56 Å². The standard InChI is InChI=1S/C7H6F2O2/c1-3-2-4(8)6(10)7(11)5(3)9/h2,10-11H,1H3. The molecule has 0 aromatic heterocycles. The molecule has 0 fully saturated rings. The van der Waals surface area contributed by atoms with Gasteiger partial charge < -0.3 is 10.2 Å². The van der Waals surface area contributed by atoms with Crippen LogP contribution in [0.5, 0.6) is 11.5 Å². The van der Waals surface area contributed by atoms with E-state index in [0.29, 0.717) is 0 Å². The normalized spacial score (nSPS) is 10.1. The van der Waals surface area contributed by atoms with Crippen LogP contribution in [0, 0.1) is 18.6 Å². The van der Waals surface area contributed by atoms with E-state index < -0.39 is 23.1 Å². The van der Waals surface area contributed by atoms with Crippen LogP contribution < -0.4 is 0 Å². The Balaban J connectivity index is 3.46. The molecule has 2 nitrogen and oxygen atoms in total. The lowest BCUT2D eigenvalue weighted by Gasteiger charge is -2.02. The van der Waals surface area contributed by atoms with Crippen LogP contribution >= 0.6 is 0 Å². The van der Waals surface area contributed by atoms with Crippen molar-refractivity contribution in [3.63, 3.8) is 0 Å². The first kappa shape index (κ1) is 7.78. The zero-order chi connectivity index (χ0) is 8.59. The number of hydrogen-bond acceptors (Lipinski definition) is 2. The third-order valence-corrected chi connectivity index (χ3v) is 1.35. The Morgan fingerprint density at radius 2 is 1.73 bits per heavy atom. The summed E-state index contributed by atoms with van der Waals surface area (Å²) in [7, 11) is 0. The third-order valence-electron chi connectivity index (χ3n) is 1.35. The molecule has 0 aliphatic carbocycles. The van der Waals surface area contributed by atoms with Gasteiger partial charge in [0.2, 0.25) is 0 Å². The van der Waals surface area contributed by atoms with Gasteiger partial charge in [0, 0.05) is 0 Å². The van der Waals surface area contributed by atoms with E-state index in [0.717, 1.165) is 6.07 Å². The summed E-state index contributed by atoms with van der Waals surface area (Å²) in [5, 5.41) is 17.3. The quantitative estimate of drug-likeness (QED) is 0.567. The van der Waals surface area contributed by atoms with Gasteiger partial charge in [-0.1, -0.05) is 0 Å². The number of rotatable bonds is 0. The van der Waals surface area contributed by atoms with Gasteiger partial charge >= 0.3 is 0 Å². The van der Waals surface area contributed by atoms with Gasteiger partial charge in [-0.25, -0.2) is 8.78 Å². The first-order valence-corrected chi connectivity index (χ1v) is 2.90. The Morgan fingerprint density at radius 3 is 2.27 bits per heavy atom. The van der Waals surface area contributed by atoms with Gasteiger partial charge in [0.1, 0.15) is 0 Å². The van der Waals surface area contributed by atoms with Crippen LogP contribution in [0.25, 0.3) is 0 Å². The number of phenols is 2. The van der Waals surface area contributed by atoms with Crippen molar-refractivity contribution in [1.82, 2.24) is 0 Å². The Labute approximate surface area is 61.7 Å². The number of benzene rings is 1. The van der Waals surface area contributed by atoms with E-state index in [9.17, 15) is 8.78 Å². The summed E-state index contributed by atoms with van der Waals surface area (Å²) < 4.78 is 25.0. The summed E-state index contributed by atoms with van der Waals surface area (Å²) in [4.78, 5) is 0. The summed E-state index contributed by atoms with van der Waals surface area (Å²) in [6.45, 7) is 1.29. The molecule has 0 saturated carbocycles. The van der Waals surface area contributed by atoms with Gasteiger partial charge in [-0.3, -0.25) is 0 Å². The van der Waals surface area contributed by atoms with Crippen molar-refractivity contribution in [2.75, 3.05) is 0 Å². The molecule has 0 aliphatic heterocycles. The van der Waals surface area contributed by atoms with Gasteiger partial charge in [-0.2, -0.15) is 0 Å². The third kappa shape index (κ3) is 1.11. The second-order valence-electron chi connectivity index (χ2n) is 2.19. The summed E-state index contributed by atoms with van der Waals surface area (Å²) in [5.74, 6) is -4.11. The van der Waals surface area contributed by atoms with E-state index in [-0.39, 0.29) is 5.56 Å². The lowest BCUT2D eigenvalue weighted by Crippen LogP contribution is -1.87. The van der Waals surface area contributed by atoms with E-state index in [1.807, 2.05) is 0 Å². The molecule has 0 heterocycles. The molecule has 1 aromatic carbocycles. The van der Waals surface area contributed by atoms with E-state index in [1.165, 1.54) is 6.92 Å². The lowest BCUT2D eigenvalue weighted by atomic mass is 10.2. The molecular formula is C7H6F2O2. The molecule has 0 spiro atoms. The predicted octanol–water partition coefficient (Wildman–Crippen LogP) is 1.68. The fourth-order valence-corrected chi connectivity index (χ4v) is 0.726. The Morgan fingerprint density at radius 1 is 1.18 bits per heavy atom. The minimum atomic E-state index is -1.05. The molecule has 1 rings (SSSR count). The molecule has 0 aliphatic rings. The van der Waals surface area contributed by atoms with Gasteiger partial charge in [0.15, 0.2) is 23.1 Å². The number of aromatic hydroxyl groups is 2. The van der Waals surface area contributed by atoms with Crippen LogP contribution in [0.4, 0.5) is 8.78 Å². The van der Waals surface area contributed by atoms with E-state index >= 15 is 0 Å². The Kier molecular flexibility index (Phi) is 1.68. The second-order valence-corrected chi connectivity index (χ2v) is 2.19. The fraction of sp³-hybridized carbons (Fsp3) is 0.143. The molecule has 1 aromatic rings. The van der Waals surface area contributed by atoms with Crippen LogP contribution in [0.3, 0.4) is 0 Å². The monoisotopic (exact) mass is 160 g/mol. The van der Waals surface area contributed by atoms with Gasteiger partial charge in [0.25, 0.3) is 0 Å². The van der Waals surface area contributed by atoms with E-state index in [4.69, 9.17) is 10.2 Å². The highest BCUT2D eigenvalue weighted by molar-refractivity contribution is 5.43. The lowest BCUT2D eigenvalue weighted by molar-refractivity contribution is 0.357. The summed E-state index contributed by atoms with van der Waals surface area (Å²) in [6.07, 6.45) is 0. The van der Waals surface area contributed by atoms with Crippen LogP contribution in [-0.4, -0.2) is 10.2 Å². The predicted molar refractivity (Wildman–Crippen MR) is 34.4 cm³/mol. The SMILES string of the molecule is Cc1cc(F)c(O)c(O)c1F. The first-order valence-electron chi connectivity index (χ1n) is 2.90. The minimum absolute atomic E-state index is 0.0437. The molecule has 0 amide bonds. The van der Waals surface area contributed by atoms with Crippen molar-refractivity contribution in [2.24, 2.45) is 0 Å². The average Bonchev–Trinajstić information content (AvgIpc) is 1.97. The Bertz CT molecular complexity index is 271. The maximum absolute atomic E-state index is 12.6. The molecule has 0 atom stereocenters. The summed E-state index contributed by atoms with van der Waals surface area (Å²) in [5.41, 5.74) is -0.0437. The number of hydrogen-bond donors (Lipinski definition) is 2. The number of halogens is 2. The molecular weight excluding hydrogens is 154 g/mol. The smallest absolute Gasteiger partial charge is 0.197 e. The van der Waals surface area contributed by atoms with Crippen LogP contribution in [0.15, 0.2) is 6.07 Å². The van der Waals surface area contributed by atoms with Crippen molar-refractivity contribution in [3.05, 3.63) is 23.3 Å². The highest BCUT2D eigenvalue weighted by Gasteiger charge is 2.14. The van der Waals surface area contributed by atoms with Crippen molar-refractivity contribution in [1.29, 1.82) is 0 Å². The molecule has 0 unspecified atom stereocenters. The number of aryl methyl sites for hydroxylation is 1. The second kappa shape index (κ2) is 2.38. The molecule has 11 heavy (non-hydrogen) atoms. The first-order chi connectivity index (χ1) is 5.04. The number of phenolic OH excluding ortho intramolecular Hbond substituents is 2. The topological polar surface area (TPSA) is 40.5 Å². The van der Waals surface area contributed by atoms with Crippen molar-refractivity contribution in [3.8, 4) is 11.5 Å². The maximum Gasteiger partial charge on any atom is 0.197 e. The van der Waals surface area contributed by atoms with Gasteiger partial charge in [0.05, 0.1) is 0 Å². The van der Waals surface area contributed by atoms with Crippen LogP contribution in [-0.2, 0) is 0 Å².